The van der Waals surface area contributed by atoms with Crippen molar-refractivity contribution in [2.24, 2.45) is 5.41 Å². The van der Waals surface area contributed by atoms with Gasteiger partial charge >= 0.3 is 0 Å². The van der Waals surface area contributed by atoms with Crippen LogP contribution >= 0.6 is 0 Å². The van der Waals surface area contributed by atoms with Crippen molar-refractivity contribution in [3.63, 3.8) is 0 Å². The Labute approximate surface area is 122 Å². The quantitative estimate of drug-likeness (QED) is 0.880. The molecule has 3 nitrogen and oxygen atoms in total. The zero-order valence-corrected chi connectivity index (χ0v) is 12.0. The SMILES string of the molecule is COCCC1(CNc2ccnc3c(F)cc(F)cc23)CC1. The Hall–Kier alpha value is -1.75. The van der Waals surface area contributed by atoms with Gasteiger partial charge in [0.2, 0.25) is 0 Å². The Morgan fingerprint density at radius 3 is 2.86 bits per heavy atom. The first-order valence-electron chi connectivity index (χ1n) is 7.10. The lowest BCUT2D eigenvalue weighted by atomic mass is 10.0. The predicted molar refractivity (Wildman–Crippen MR) is 78.3 cm³/mol. The standard InChI is InChI=1S/C16H18F2N2O/c1-21-7-5-16(3-4-16)10-20-14-2-6-19-15-12(14)8-11(17)9-13(15)18/h2,6,8-9H,3-5,7,10H2,1H3,(H,19,20). The van der Waals surface area contributed by atoms with Crippen molar-refractivity contribution in [2.45, 2.75) is 19.3 Å². The molecule has 0 aliphatic heterocycles. The molecule has 1 aromatic heterocycles. The number of anilines is 1. The van der Waals surface area contributed by atoms with E-state index in [0.29, 0.717) is 5.39 Å². The van der Waals surface area contributed by atoms with Crippen molar-refractivity contribution in [1.82, 2.24) is 4.98 Å². The number of hydrogen-bond donors (Lipinski definition) is 1. The Kier molecular flexibility index (Phi) is 3.76. The van der Waals surface area contributed by atoms with E-state index in [1.165, 1.54) is 6.07 Å². The summed E-state index contributed by atoms with van der Waals surface area (Å²) < 4.78 is 32.3. The summed E-state index contributed by atoms with van der Waals surface area (Å²) in [7, 11) is 1.70. The van der Waals surface area contributed by atoms with E-state index in [1.54, 1.807) is 19.4 Å². The molecule has 21 heavy (non-hydrogen) atoms. The number of rotatable bonds is 6. The Bertz CT molecular complexity index is 656. The molecule has 0 saturated heterocycles. The van der Waals surface area contributed by atoms with E-state index in [9.17, 15) is 8.78 Å². The monoisotopic (exact) mass is 292 g/mol. The molecule has 5 heteroatoms. The highest BCUT2D eigenvalue weighted by molar-refractivity contribution is 5.91. The Morgan fingerprint density at radius 2 is 2.14 bits per heavy atom. The van der Waals surface area contributed by atoms with Gasteiger partial charge in [0.25, 0.3) is 0 Å². The van der Waals surface area contributed by atoms with E-state index >= 15 is 0 Å². The number of nitrogens with one attached hydrogen (secondary N) is 1. The second-order valence-corrected chi connectivity index (χ2v) is 5.74. The molecular formula is C16H18F2N2O. The van der Waals surface area contributed by atoms with Crippen molar-refractivity contribution in [1.29, 1.82) is 0 Å². The largest absolute Gasteiger partial charge is 0.385 e. The van der Waals surface area contributed by atoms with E-state index in [4.69, 9.17) is 4.74 Å². The molecule has 1 aliphatic rings. The zero-order valence-electron chi connectivity index (χ0n) is 12.0. The first-order valence-corrected chi connectivity index (χ1v) is 7.10. The third-order valence-corrected chi connectivity index (χ3v) is 4.21. The summed E-state index contributed by atoms with van der Waals surface area (Å²) in [5.41, 5.74) is 1.18. The summed E-state index contributed by atoms with van der Waals surface area (Å²) in [4.78, 5) is 3.99. The number of ether oxygens (including phenoxy) is 1. The van der Waals surface area contributed by atoms with Gasteiger partial charge in [-0.2, -0.15) is 0 Å². The Balaban J connectivity index is 1.81. The van der Waals surface area contributed by atoms with Gasteiger partial charge in [-0.05, 0) is 36.8 Å². The van der Waals surface area contributed by atoms with Gasteiger partial charge in [0, 0.05) is 43.6 Å². The number of methoxy groups -OCH3 is 1. The molecule has 0 spiro atoms. The van der Waals surface area contributed by atoms with Gasteiger partial charge in [0.05, 0.1) is 0 Å². The second kappa shape index (κ2) is 5.56. The number of aromatic nitrogens is 1. The van der Waals surface area contributed by atoms with Gasteiger partial charge in [-0.1, -0.05) is 0 Å². The molecule has 2 aromatic rings. The van der Waals surface area contributed by atoms with Gasteiger partial charge in [-0.3, -0.25) is 4.98 Å². The van der Waals surface area contributed by atoms with Crippen LogP contribution in [0, 0.1) is 17.0 Å². The van der Waals surface area contributed by atoms with Gasteiger partial charge in [0.15, 0.2) is 5.82 Å². The van der Waals surface area contributed by atoms with Crippen molar-refractivity contribution in [2.75, 3.05) is 25.6 Å². The number of benzene rings is 1. The number of fused-ring (bicyclic) bond motifs is 1. The van der Waals surface area contributed by atoms with Crippen LogP contribution in [-0.4, -0.2) is 25.2 Å². The van der Waals surface area contributed by atoms with Crippen LogP contribution in [0.3, 0.4) is 0 Å². The second-order valence-electron chi connectivity index (χ2n) is 5.74. The van der Waals surface area contributed by atoms with E-state index in [1.807, 2.05) is 0 Å². The lowest BCUT2D eigenvalue weighted by Crippen LogP contribution is -2.17. The zero-order chi connectivity index (χ0) is 14.9. The highest BCUT2D eigenvalue weighted by atomic mass is 19.1. The van der Waals surface area contributed by atoms with Gasteiger partial charge in [0.1, 0.15) is 11.3 Å². The lowest BCUT2D eigenvalue weighted by Gasteiger charge is -2.17. The van der Waals surface area contributed by atoms with Gasteiger partial charge in [-0.15, -0.1) is 0 Å². The van der Waals surface area contributed by atoms with Crippen LogP contribution in [0.2, 0.25) is 0 Å². The summed E-state index contributed by atoms with van der Waals surface area (Å²) in [6.45, 7) is 1.52. The fourth-order valence-electron chi connectivity index (χ4n) is 2.63. The Morgan fingerprint density at radius 1 is 1.33 bits per heavy atom. The molecule has 1 heterocycles. The maximum absolute atomic E-state index is 13.7. The third kappa shape index (κ3) is 2.97. The molecule has 112 valence electrons. The van der Waals surface area contributed by atoms with Crippen LogP contribution in [0.25, 0.3) is 10.9 Å². The topological polar surface area (TPSA) is 34.1 Å². The molecule has 1 aliphatic carbocycles. The van der Waals surface area contributed by atoms with Crippen molar-refractivity contribution < 1.29 is 13.5 Å². The van der Waals surface area contributed by atoms with Crippen molar-refractivity contribution >= 4 is 16.6 Å². The molecule has 1 N–H and O–H groups in total. The number of pyridine rings is 1. The summed E-state index contributed by atoms with van der Waals surface area (Å²) in [6, 6.07) is 3.94. The van der Waals surface area contributed by atoms with Crippen LogP contribution in [0.4, 0.5) is 14.5 Å². The molecule has 1 saturated carbocycles. The molecule has 0 atom stereocenters. The fourth-order valence-corrected chi connectivity index (χ4v) is 2.63. The van der Waals surface area contributed by atoms with Crippen LogP contribution in [0.1, 0.15) is 19.3 Å². The summed E-state index contributed by atoms with van der Waals surface area (Å²) in [5, 5.41) is 3.81. The summed E-state index contributed by atoms with van der Waals surface area (Å²) in [6.07, 6.45) is 4.87. The first-order chi connectivity index (χ1) is 10.1. The fraction of sp³-hybridized carbons (Fsp3) is 0.438. The normalized spacial score (nSPS) is 16.1. The number of halogens is 2. The van der Waals surface area contributed by atoms with Crippen LogP contribution in [0.5, 0.6) is 0 Å². The molecule has 0 radical (unpaired) electrons. The van der Waals surface area contributed by atoms with Crippen molar-refractivity contribution in [3.05, 3.63) is 36.0 Å². The van der Waals surface area contributed by atoms with Crippen LogP contribution in [-0.2, 0) is 4.74 Å². The first kappa shape index (κ1) is 14.2. The van der Waals surface area contributed by atoms with E-state index in [0.717, 1.165) is 44.2 Å². The maximum atomic E-state index is 13.7. The minimum atomic E-state index is -0.630. The smallest absolute Gasteiger partial charge is 0.152 e. The van der Waals surface area contributed by atoms with Crippen molar-refractivity contribution in [3.8, 4) is 0 Å². The molecule has 0 bridgehead atoms. The average Bonchev–Trinajstić information content (AvgIpc) is 3.23. The summed E-state index contributed by atoms with van der Waals surface area (Å²) >= 11 is 0. The highest BCUT2D eigenvalue weighted by Crippen LogP contribution is 2.48. The molecule has 0 unspecified atom stereocenters. The summed E-state index contributed by atoms with van der Waals surface area (Å²) in [5.74, 6) is -1.22. The molecule has 3 rings (SSSR count). The lowest BCUT2D eigenvalue weighted by molar-refractivity contribution is 0.175. The minimum absolute atomic E-state index is 0.197. The number of hydrogen-bond acceptors (Lipinski definition) is 3. The van der Waals surface area contributed by atoms with E-state index in [-0.39, 0.29) is 10.9 Å². The highest BCUT2D eigenvalue weighted by Gasteiger charge is 2.41. The van der Waals surface area contributed by atoms with Gasteiger partial charge < -0.3 is 10.1 Å². The van der Waals surface area contributed by atoms with Crippen LogP contribution in [0.15, 0.2) is 24.4 Å². The maximum Gasteiger partial charge on any atom is 0.152 e. The molecule has 1 aromatic carbocycles. The molecule has 0 amide bonds. The predicted octanol–water partition coefficient (Wildman–Crippen LogP) is 3.74. The minimum Gasteiger partial charge on any atom is -0.385 e. The number of nitrogens with zero attached hydrogens (tertiary/aromatic N) is 1. The molecular weight excluding hydrogens is 274 g/mol. The van der Waals surface area contributed by atoms with E-state index in [2.05, 4.69) is 10.3 Å². The third-order valence-electron chi connectivity index (χ3n) is 4.21. The average molecular weight is 292 g/mol. The van der Waals surface area contributed by atoms with Crippen LogP contribution < -0.4 is 5.32 Å². The van der Waals surface area contributed by atoms with E-state index < -0.39 is 11.6 Å². The molecule has 1 fully saturated rings. The van der Waals surface area contributed by atoms with Gasteiger partial charge in [-0.25, -0.2) is 8.78 Å².